The highest BCUT2D eigenvalue weighted by Gasteiger charge is 1.99. The second-order valence-electron chi connectivity index (χ2n) is 3.46. The van der Waals surface area contributed by atoms with Gasteiger partial charge < -0.3 is 5.32 Å². The first-order valence-electron chi connectivity index (χ1n) is 4.55. The highest BCUT2D eigenvalue weighted by Crippen LogP contribution is 2.12. The average molecular weight is 175 g/mol. The highest BCUT2D eigenvalue weighted by molar-refractivity contribution is 5.32. The number of likely N-dealkylation sites (N-methyl/N-ethyl adjacent to an activating group) is 1. The Labute approximate surface area is 80.5 Å². The average Bonchev–Trinajstić information content (AvgIpc) is 2.09. The molecule has 0 bridgehead atoms. The summed E-state index contributed by atoms with van der Waals surface area (Å²) in [7, 11) is 1.91. The number of aryl methyl sites for hydroxylation is 2. The normalized spacial score (nSPS) is 9.77. The lowest BCUT2D eigenvalue weighted by molar-refractivity contribution is 0.923. The number of hydrogen-bond acceptors (Lipinski definition) is 1. The zero-order valence-electron chi connectivity index (χ0n) is 8.65. The molecular formula is C12H17N. The van der Waals surface area contributed by atoms with Crippen LogP contribution in [-0.2, 0) is 6.42 Å². The molecule has 70 valence electrons. The fraction of sp³-hybridized carbons (Fsp3) is 0.333. The van der Waals surface area contributed by atoms with Crippen LogP contribution in [0.2, 0.25) is 0 Å². The third-order valence-electron chi connectivity index (χ3n) is 2.26. The molecule has 0 aromatic heterocycles. The fourth-order valence-electron chi connectivity index (χ4n) is 1.36. The van der Waals surface area contributed by atoms with Crippen molar-refractivity contribution in [1.82, 2.24) is 5.32 Å². The number of benzene rings is 1. The van der Waals surface area contributed by atoms with Crippen molar-refractivity contribution < 1.29 is 0 Å². The molecule has 1 aromatic rings. The van der Waals surface area contributed by atoms with Crippen LogP contribution in [0.3, 0.4) is 0 Å². The Morgan fingerprint density at radius 2 is 2.08 bits per heavy atom. The molecule has 0 radical (unpaired) electrons. The van der Waals surface area contributed by atoms with Crippen molar-refractivity contribution in [3.05, 3.63) is 47.2 Å². The van der Waals surface area contributed by atoms with E-state index in [1.54, 1.807) is 0 Å². The van der Waals surface area contributed by atoms with Crippen molar-refractivity contribution in [3.8, 4) is 0 Å². The van der Waals surface area contributed by atoms with Crippen molar-refractivity contribution in [2.24, 2.45) is 0 Å². The van der Waals surface area contributed by atoms with Crippen molar-refractivity contribution in [1.29, 1.82) is 0 Å². The van der Waals surface area contributed by atoms with E-state index in [1.165, 1.54) is 16.7 Å². The third kappa shape index (κ3) is 2.62. The molecule has 0 atom stereocenters. The lowest BCUT2D eigenvalue weighted by Crippen LogP contribution is -2.07. The topological polar surface area (TPSA) is 12.0 Å². The molecule has 1 aromatic carbocycles. The summed E-state index contributed by atoms with van der Waals surface area (Å²) in [5.74, 6) is 0. The van der Waals surface area contributed by atoms with Gasteiger partial charge in [-0.05, 0) is 25.0 Å². The lowest BCUT2D eigenvalue weighted by atomic mass is 10.0. The quantitative estimate of drug-likeness (QED) is 0.744. The van der Waals surface area contributed by atoms with Gasteiger partial charge in [0.2, 0.25) is 0 Å². The van der Waals surface area contributed by atoms with Gasteiger partial charge in [0.1, 0.15) is 0 Å². The van der Waals surface area contributed by atoms with Crippen LogP contribution >= 0.6 is 0 Å². The van der Waals surface area contributed by atoms with Crippen LogP contribution in [0.4, 0.5) is 0 Å². The van der Waals surface area contributed by atoms with Gasteiger partial charge in [0.05, 0.1) is 0 Å². The van der Waals surface area contributed by atoms with Gasteiger partial charge in [-0.3, -0.25) is 0 Å². The van der Waals surface area contributed by atoms with Crippen LogP contribution in [0.1, 0.15) is 16.7 Å². The minimum absolute atomic E-state index is 0.919. The van der Waals surface area contributed by atoms with Crippen molar-refractivity contribution in [3.63, 3.8) is 0 Å². The zero-order valence-corrected chi connectivity index (χ0v) is 8.65. The van der Waals surface area contributed by atoms with E-state index in [0.29, 0.717) is 0 Å². The molecule has 0 fully saturated rings. The van der Waals surface area contributed by atoms with Crippen LogP contribution in [0.5, 0.6) is 0 Å². The van der Waals surface area contributed by atoms with E-state index in [0.717, 1.165) is 12.1 Å². The summed E-state index contributed by atoms with van der Waals surface area (Å²) in [6, 6.07) is 6.52. The summed E-state index contributed by atoms with van der Waals surface area (Å²) in [6.07, 6.45) is 0.919. The molecule has 13 heavy (non-hydrogen) atoms. The Balaban J connectivity index is 2.83. The minimum Gasteiger partial charge on any atom is -0.392 e. The van der Waals surface area contributed by atoms with Crippen molar-refractivity contribution in [2.45, 2.75) is 20.3 Å². The van der Waals surface area contributed by atoms with Crippen LogP contribution in [0.15, 0.2) is 30.5 Å². The Bertz CT molecular complexity index is 313. The van der Waals surface area contributed by atoms with Crippen LogP contribution in [-0.4, -0.2) is 7.05 Å². The maximum atomic E-state index is 3.92. The smallest absolute Gasteiger partial charge is 0.0119 e. The maximum Gasteiger partial charge on any atom is 0.0119 e. The second-order valence-corrected chi connectivity index (χ2v) is 3.46. The van der Waals surface area contributed by atoms with Gasteiger partial charge in [-0.25, -0.2) is 0 Å². The van der Waals surface area contributed by atoms with E-state index < -0.39 is 0 Å². The van der Waals surface area contributed by atoms with E-state index in [9.17, 15) is 0 Å². The Morgan fingerprint density at radius 3 is 2.62 bits per heavy atom. The highest BCUT2D eigenvalue weighted by atomic mass is 14.8. The summed E-state index contributed by atoms with van der Waals surface area (Å²) >= 11 is 0. The fourth-order valence-corrected chi connectivity index (χ4v) is 1.36. The molecule has 1 nitrogen and oxygen atoms in total. The van der Waals surface area contributed by atoms with Crippen LogP contribution in [0.25, 0.3) is 0 Å². The number of rotatable bonds is 3. The molecule has 0 saturated carbocycles. The third-order valence-corrected chi connectivity index (χ3v) is 2.26. The minimum atomic E-state index is 0.919. The van der Waals surface area contributed by atoms with E-state index in [4.69, 9.17) is 0 Å². The second kappa shape index (κ2) is 4.13. The molecule has 0 aliphatic heterocycles. The molecular weight excluding hydrogens is 158 g/mol. The molecule has 0 unspecified atom stereocenters. The monoisotopic (exact) mass is 175 g/mol. The first-order valence-corrected chi connectivity index (χ1v) is 4.55. The molecule has 0 saturated heterocycles. The summed E-state index contributed by atoms with van der Waals surface area (Å²) in [6.45, 7) is 8.18. The summed E-state index contributed by atoms with van der Waals surface area (Å²) in [5, 5.41) is 3.06. The van der Waals surface area contributed by atoms with Crippen molar-refractivity contribution in [2.75, 3.05) is 7.05 Å². The van der Waals surface area contributed by atoms with E-state index >= 15 is 0 Å². The molecule has 0 spiro atoms. The SMILES string of the molecule is C=C(Cc1ccc(C)cc1C)NC. The summed E-state index contributed by atoms with van der Waals surface area (Å²) in [5.41, 5.74) is 5.07. The lowest BCUT2D eigenvalue weighted by Gasteiger charge is -2.08. The van der Waals surface area contributed by atoms with E-state index in [2.05, 4.69) is 43.9 Å². The van der Waals surface area contributed by atoms with Crippen LogP contribution in [0, 0.1) is 13.8 Å². The van der Waals surface area contributed by atoms with Gasteiger partial charge >= 0.3 is 0 Å². The molecule has 1 rings (SSSR count). The van der Waals surface area contributed by atoms with Gasteiger partial charge in [-0.15, -0.1) is 0 Å². The Hall–Kier alpha value is -1.24. The molecule has 0 aliphatic rings. The Kier molecular flexibility index (Phi) is 3.13. The molecule has 1 heteroatoms. The van der Waals surface area contributed by atoms with E-state index in [-0.39, 0.29) is 0 Å². The first kappa shape index (κ1) is 9.85. The van der Waals surface area contributed by atoms with Gasteiger partial charge in [0, 0.05) is 19.2 Å². The number of nitrogens with one attached hydrogen (secondary N) is 1. The largest absolute Gasteiger partial charge is 0.392 e. The summed E-state index contributed by atoms with van der Waals surface area (Å²) < 4.78 is 0. The molecule has 0 amide bonds. The van der Waals surface area contributed by atoms with E-state index in [1.807, 2.05) is 7.05 Å². The van der Waals surface area contributed by atoms with Gasteiger partial charge in [0.15, 0.2) is 0 Å². The zero-order chi connectivity index (χ0) is 9.84. The van der Waals surface area contributed by atoms with Gasteiger partial charge in [-0.2, -0.15) is 0 Å². The molecule has 0 aliphatic carbocycles. The van der Waals surface area contributed by atoms with Gasteiger partial charge in [-0.1, -0.05) is 30.3 Å². The van der Waals surface area contributed by atoms with Crippen molar-refractivity contribution >= 4 is 0 Å². The first-order chi connectivity index (χ1) is 6.13. The van der Waals surface area contributed by atoms with Gasteiger partial charge in [0.25, 0.3) is 0 Å². The predicted octanol–water partition coefficient (Wildman–Crippen LogP) is 2.58. The molecule has 1 N–H and O–H groups in total. The standard InChI is InChI=1S/C12H17N/c1-9-5-6-12(10(2)7-9)8-11(3)13-4/h5-7,13H,3,8H2,1-2,4H3. The number of allylic oxidation sites excluding steroid dienone is 1. The molecule has 0 heterocycles. The maximum absolute atomic E-state index is 3.92. The predicted molar refractivity (Wildman–Crippen MR) is 57.8 cm³/mol. The summed E-state index contributed by atoms with van der Waals surface area (Å²) in [4.78, 5) is 0. The Morgan fingerprint density at radius 1 is 1.38 bits per heavy atom. The number of hydrogen-bond donors (Lipinski definition) is 1. The van der Waals surface area contributed by atoms with Crippen LogP contribution < -0.4 is 5.32 Å².